The monoisotopic (exact) mass is 866 g/mol. The Morgan fingerprint density at radius 2 is 1.75 bits per heavy atom. The fraction of sp³-hybridized carbons (Fsp3) is 0.581. The Balaban J connectivity index is 1.40. The molecule has 6 rings (SSSR count). The van der Waals surface area contributed by atoms with Gasteiger partial charge in [-0.1, -0.05) is 47.6 Å². The summed E-state index contributed by atoms with van der Waals surface area (Å²) >= 11 is 1.46. The van der Waals surface area contributed by atoms with Gasteiger partial charge >= 0.3 is 6.09 Å². The van der Waals surface area contributed by atoms with Crippen molar-refractivity contribution in [2.45, 2.75) is 129 Å². The van der Waals surface area contributed by atoms with E-state index >= 15 is 0 Å². The molecule has 3 N–H and O–H groups in total. The SMILES string of the molecule is C=C[C@@H]1C[C@]1(NC(=O)[C@@H]1[C@H](C)[C@@H](Oc2cc(-c3nc(C(C)C)cs3)nc3c(C)c(OC)ccc23)CN1C(=O)[C@H](NC(=O)OC(C)(C)C)C(C)(C)C)C(=O)NS(=O)(=O)C1CC1. The summed E-state index contributed by atoms with van der Waals surface area (Å²) in [5.74, 6) is -2.06. The van der Waals surface area contributed by atoms with E-state index in [-0.39, 0.29) is 18.9 Å². The van der Waals surface area contributed by atoms with E-state index in [9.17, 15) is 27.6 Å². The van der Waals surface area contributed by atoms with Crippen LogP contribution < -0.4 is 24.8 Å². The summed E-state index contributed by atoms with van der Waals surface area (Å²) in [4.78, 5) is 67.8. The topological polar surface area (TPSA) is 195 Å². The van der Waals surface area contributed by atoms with Crippen LogP contribution in [-0.2, 0) is 29.1 Å². The Kier molecular flexibility index (Phi) is 12.1. The highest BCUT2D eigenvalue weighted by Crippen LogP contribution is 2.46. The molecule has 60 heavy (non-hydrogen) atoms. The summed E-state index contributed by atoms with van der Waals surface area (Å²) < 4.78 is 46.0. The molecular formula is C43H58N6O9S2. The third-order valence-electron chi connectivity index (χ3n) is 11.3. The summed E-state index contributed by atoms with van der Waals surface area (Å²) in [6.45, 7) is 22.1. The molecule has 2 saturated carbocycles. The van der Waals surface area contributed by atoms with E-state index in [0.717, 1.165) is 11.3 Å². The van der Waals surface area contributed by atoms with Gasteiger partial charge in [0.05, 0.1) is 30.1 Å². The van der Waals surface area contributed by atoms with Crippen LogP contribution in [0.4, 0.5) is 4.79 Å². The molecule has 3 heterocycles. The standard InChI is InChI=1S/C43H58N6O9S2/c1-13-25-19-43(25,39(52)48-60(54,55)26-14-15-26)47-36(50)34-24(5)32(20-49(34)38(51)35(41(6,7)8)46-40(53)58-42(9,10)11)57-31-18-28(37-45-29(21-59-37)22(2)3)44-33-23(4)30(56-12)17-16-27(31)33/h13,16-18,21-22,24-26,32,34-35H,1,14-15,19-20H2,2-12H3,(H,46,53)(H,47,50)(H,48,52)/t24-,25-,32+,34+,35+,43-/m1/s1. The zero-order valence-electron chi connectivity index (χ0n) is 36.3. The van der Waals surface area contributed by atoms with Crippen molar-refractivity contribution in [1.82, 2.24) is 30.2 Å². The highest BCUT2D eigenvalue weighted by Gasteiger charge is 2.62. The number of fused-ring (bicyclic) bond motifs is 1. The number of hydrogen-bond acceptors (Lipinski definition) is 12. The molecule has 2 aliphatic carbocycles. The molecule has 17 heteroatoms. The van der Waals surface area contributed by atoms with Gasteiger partial charge in [-0.3, -0.25) is 19.1 Å². The van der Waals surface area contributed by atoms with E-state index in [1.165, 1.54) is 22.3 Å². The number of ether oxygens (including phenoxy) is 3. The smallest absolute Gasteiger partial charge is 0.408 e. The summed E-state index contributed by atoms with van der Waals surface area (Å²) in [6, 6.07) is 3.11. The predicted octanol–water partition coefficient (Wildman–Crippen LogP) is 6.00. The van der Waals surface area contributed by atoms with E-state index in [4.69, 9.17) is 24.2 Å². The Morgan fingerprint density at radius 1 is 1.07 bits per heavy atom. The van der Waals surface area contributed by atoms with Crippen LogP contribution in [0.1, 0.15) is 98.8 Å². The Bertz CT molecular complexity index is 2310. The number of aromatic nitrogens is 2. The number of rotatable bonds is 13. The Morgan fingerprint density at radius 3 is 2.30 bits per heavy atom. The normalized spacial score (nSPS) is 23.5. The Hall–Kier alpha value is -4.77. The van der Waals surface area contributed by atoms with Gasteiger partial charge < -0.3 is 29.7 Å². The molecule has 0 bridgehead atoms. The second-order valence-electron chi connectivity index (χ2n) is 18.6. The number of methoxy groups -OCH3 is 1. The first-order chi connectivity index (χ1) is 27.9. The lowest BCUT2D eigenvalue weighted by Gasteiger charge is -2.36. The summed E-state index contributed by atoms with van der Waals surface area (Å²) in [5.41, 5.74) is -0.387. The van der Waals surface area contributed by atoms with E-state index < -0.39 is 85.7 Å². The van der Waals surface area contributed by atoms with Gasteiger partial charge in [0.25, 0.3) is 5.91 Å². The van der Waals surface area contributed by atoms with Gasteiger partial charge in [0.1, 0.15) is 51.5 Å². The number of aryl methyl sites for hydroxylation is 1. The van der Waals surface area contributed by atoms with Crippen molar-refractivity contribution < 1.29 is 41.8 Å². The third-order valence-corrected chi connectivity index (χ3v) is 14.1. The summed E-state index contributed by atoms with van der Waals surface area (Å²) in [5, 5.41) is 8.30. The first-order valence-corrected chi connectivity index (χ1v) is 22.7. The molecule has 15 nitrogen and oxygen atoms in total. The summed E-state index contributed by atoms with van der Waals surface area (Å²) in [7, 11) is -2.35. The van der Waals surface area contributed by atoms with Gasteiger partial charge in [0, 0.05) is 34.2 Å². The molecule has 1 saturated heterocycles. The van der Waals surface area contributed by atoms with Crippen molar-refractivity contribution in [1.29, 1.82) is 0 Å². The molecule has 0 unspecified atom stereocenters. The molecule has 326 valence electrons. The maximum atomic E-state index is 14.9. The second-order valence-corrected chi connectivity index (χ2v) is 21.4. The molecule has 3 fully saturated rings. The number of nitrogens with one attached hydrogen (secondary N) is 3. The fourth-order valence-electron chi connectivity index (χ4n) is 7.60. The number of pyridine rings is 1. The number of carbonyl (C=O) groups excluding carboxylic acids is 4. The summed E-state index contributed by atoms with van der Waals surface area (Å²) in [6.07, 6.45) is 0.929. The highest BCUT2D eigenvalue weighted by molar-refractivity contribution is 7.91. The van der Waals surface area contributed by atoms with Gasteiger partial charge in [0.15, 0.2) is 0 Å². The van der Waals surface area contributed by atoms with Crippen molar-refractivity contribution in [2.75, 3.05) is 13.7 Å². The molecule has 1 aliphatic heterocycles. The first-order valence-electron chi connectivity index (χ1n) is 20.3. The third kappa shape index (κ3) is 9.11. The second kappa shape index (κ2) is 16.3. The average molecular weight is 867 g/mol. The van der Waals surface area contributed by atoms with Gasteiger partial charge in [-0.05, 0) is 70.4 Å². The number of likely N-dealkylation sites (tertiary alicyclic amines) is 1. The molecule has 4 amide bonds. The molecule has 3 aliphatic rings. The number of amides is 4. The van der Waals surface area contributed by atoms with E-state index in [1.54, 1.807) is 55.6 Å². The van der Waals surface area contributed by atoms with Crippen LogP contribution in [0.3, 0.4) is 0 Å². The van der Waals surface area contributed by atoms with Gasteiger partial charge in [-0.25, -0.2) is 23.2 Å². The first kappa shape index (κ1) is 44.8. The van der Waals surface area contributed by atoms with Crippen LogP contribution in [0.5, 0.6) is 11.5 Å². The maximum Gasteiger partial charge on any atom is 0.408 e. The van der Waals surface area contributed by atoms with Crippen LogP contribution in [0.2, 0.25) is 0 Å². The highest BCUT2D eigenvalue weighted by atomic mass is 32.2. The quantitative estimate of drug-likeness (QED) is 0.171. The lowest BCUT2D eigenvalue weighted by atomic mass is 9.85. The average Bonchev–Trinajstić information content (AvgIpc) is 4.05. The zero-order chi connectivity index (χ0) is 44.3. The molecule has 0 spiro atoms. The fourth-order valence-corrected chi connectivity index (χ4v) is 9.91. The number of benzene rings is 1. The molecule has 6 atom stereocenters. The van der Waals surface area contributed by atoms with E-state index in [1.807, 2.05) is 30.5 Å². The van der Waals surface area contributed by atoms with Crippen molar-refractivity contribution in [3.8, 4) is 22.2 Å². The number of thiazole rings is 1. The predicted molar refractivity (Wildman–Crippen MR) is 229 cm³/mol. The lowest BCUT2D eigenvalue weighted by molar-refractivity contribution is -0.143. The number of hydrogen-bond donors (Lipinski definition) is 3. The molecule has 3 aromatic rings. The van der Waals surface area contributed by atoms with Gasteiger partial charge in [-0.15, -0.1) is 17.9 Å². The molecule has 2 aromatic heterocycles. The number of sulfonamides is 1. The van der Waals surface area contributed by atoms with Crippen LogP contribution in [0.25, 0.3) is 21.6 Å². The number of nitrogens with zero attached hydrogens (tertiary/aromatic N) is 3. The van der Waals surface area contributed by atoms with Gasteiger partial charge in [-0.2, -0.15) is 0 Å². The number of carbonyl (C=O) groups is 4. The van der Waals surface area contributed by atoms with E-state index in [2.05, 4.69) is 35.8 Å². The van der Waals surface area contributed by atoms with Crippen molar-refractivity contribution >= 4 is 56.1 Å². The zero-order valence-corrected chi connectivity index (χ0v) is 37.9. The lowest BCUT2D eigenvalue weighted by Crippen LogP contribution is -2.61. The molecule has 0 radical (unpaired) electrons. The van der Waals surface area contributed by atoms with Crippen molar-refractivity contribution in [3.63, 3.8) is 0 Å². The molecular weight excluding hydrogens is 809 g/mol. The number of alkyl carbamates (subject to hydrolysis) is 1. The van der Waals surface area contributed by atoms with Crippen molar-refractivity contribution in [3.05, 3.63) is 47.5 Å². The van der Waals surface area contributed by atoms with Gasteiger partial charge in [0.2, 0.25) is 21.8 Å². The molecule has 1 aromatic carbocycles. The van der Waals surface area contributed by atoms with Crippen molar-refractivity contribution in [2.24, 2.45) is 17.3 Å². The maximum absolute atomic E-state index is 14.9. The van der Waals surface area contributed by atoms with Crippen LogP contribution >= 0.6 is 11.3 Å². The minimum absolute atomic E-state index is 0.0795. The Labute approximate surface area is 356 Å². The minimum atomic E-state index is -3.94. The van der Waals surface area contributed by atoms with Crippen LogP contribution in [-0.4, -0.2) is 95.3 Å². The van der Waals surface area contributed by atoms with Crippen LogP contribution in [0, 0.1) is 24.2 Å². The minimum Gasteiger partial charge on any atom is -0.496 e. The van der Waals surface area contributed by atoms with Crippen LogP contribution in [0.15, 0.2) is 36.2 Å². The van der Waals surface area contributed by atoms with E-state index in [0.29, 0.717) is 45.9 Å². The largest absolute Gasteiger partial charge is 0.496 e.